The molecule has 0 radical (unpaired) electrons. The number of rotatable bonds is 5. The van der Waals surface area contributed by atoms with E-state index < -0.39 is 11.7 Å². The number of likely N-dealkylation sites (tertiary alicyclic amines) is 1. The minimum Gasteiger partial charge on any atom is -0.342 e. The van der Waals surface area contributed by atoms with Gasteiger partial charge in [-0.3, -0.25) is 9.20 Å². The predicted molar refractivity (Wildman–Crippen MR) is 142 cm³/mol. The van der Waals surface area contributed by atoms with Crippen LogP contribution in [0.25, 0.3) is 39.3 Å². The SMILES string of the molecule is O=C(C1CC1)N1CCC(Cn2c(-c3ccc(-c4cnc5ccccn45)cc3)nc3cc(C(F)(F)F)ccc32)C1. The Labute approximate surface area is 222 Å². The standard InChI is InChI=1S/C30H26F3N5O/c31-30(32,33)23-10-11-25-24(15-23)35-28(38(25)18-19-12-14-36(17-19)29(39)22-8-9-22)21-6-4-20(5-7-21)26-16-34-27-3-1-2-13-37(26)27/h1-7,10-11,13,15-16,19,22H,8-9,12,14,17-18H2. The van der Waals surface area contributed by atoms with Gasteiger partial charge in [-0.05, 0) is 55.5 Å². The molecular weight excluding hydrogens is 503 g/mol. The first-order valence-corrected chi connectivity index (χ1v) is 13.2. The lowest BCUT2D eigenvalue weighted by atomic mass is 10.1. The van der Waals surface area contributed by atoms with Crippen molar-refractivity contribution in [2.45, 2.75) is 32.0 Å². The number of benzene rings is 2. The van der Waals surface area contributed by atoms with Crippen molar-refractivity contribution in [2.24, 2.45) is 11.8 Å². The molecule has 3 aromatic heterocycles. The Hall–Kier alpha value is -4.14. The van der Waals surface area contributed by atoms with Crippen molar-refractivity contribution >= 4 is 22.6 Å². The van der Waals surface area contributed by atoms with E-state index >= 15 is 0 Å². The second-order valence-electron chi connectivity index (χ2n) is 10.6. The summed E-state index contributed by atoms with van der Waals surface area (Å²) < 4.78 is 44.5. The highest BCUT2D eigenvalue weighted by Gasteiger charge is 2.37. The van der Waals surface area contributed by atoms with Crippen molar-refractivity contribution in [3.05, 3.63) is 78.6 Å². The molecule has 1 aliphatic carbocycles. The lowest BCUT2D eigenvalue weighted by Crippen LogP contribution is -2.30. The third kappa shape index (κ3) is 4.35. The molecule has 198 valence electrons. The number of pyridine rings is 1. The second-order valence-corrected chi connectivity index (χ2v) is 10.6. The number of fused-ring (bicyclic) bond motifs is 2. The topological polar surface area (TPSA) is 55.4 Å². The summed E-state index contributed by atoms with van der Waals surface area (Å²) in [6.07, 6.45) is 2.16. The van der Waals surface area contributed by atoms with Gasteiger partial charge in [-0.15, -0.1) is 0 Å². The molecule has 9 heteroatoms. The van der Waals surface area contributed by atoms with Gasteiger partial charge in [-0.25, -0.2) is 9.97 Å². The van der Waals surface area contributed by atoms with E-state index in [1.807, 2.05) is 68.7 Å². The summed E-state index contributed by atoms with van der Waals surface area (Å²) in [5, 5.41) is 0. The highest BCUT2D eigenvalue weighted by molar-refractivity contribution is 5.82. The number of carbonyl (C=O) groups is 1. The van der Waals surface area contributed by atoms with Gasteiger partial charge in [0.05, 0.1) is 28.5 Å². The first-order chi connectivity index (χ1) is 18.8. The molecule has 2 aromatic carbocycles. The lowest BCUT2D eigenvalue weighted by Gasteiger charge is -2.18. The third-order valence-corrected chi connectivity index (χ3v) is 7.90. The quantitative estimate of drug-likeness (QED) is 0.269. The van der Waals surface area contributed by atoms with Crippen LogP contribution in [-0.2, 0) is 17.5 Å². The van der Waals surface area contributed by atoms with Crippen LogP contribution in [0.5, 0.6) is 0 Å². The molecule has 0 bridgehead atoms. The van der Waals surface area contributed by atoms with Gasteiger partial charge in [0.2, 0.25) is 5.91 Å². The summed E-state index contributed by atoms with van der Waals surface area (Å²) in [5.74, 6) is 1.26. The van der Waals surface area contributed by atoms with Crippen LogP contribution in [0.2, 0.25) is 0 Å². The number of halogens is 3. The van der Waals surface area contributed by atoms with Crippen molar-refractivity contribution < 1.29 is 18.0 Å². The predicted octanol–water partition coefficient (Wildman–Crippen LogP) is 6.30. The molecule has 0 spiro atoms. The summed E-state index contributed by atoms with van der Waals surface area (Å²) in [4.78, 5) is 23.7. The number of nitrogens with zero attached hydrogens (tertiary/aromatic N) is 5. The van der Waals surface area contributed by atoms with Crippen molar-refractivity contribution in [3.63, 3.8) is 0 Å². The number of imidazole rings is 2. The van der Waals surface area contributed by atoms with Gasteiger partial charge in [0.25, 0.3) is 0 Å². The first-order valence-electron chi connectivity index (χ1n) is 13.2. The molecule has 1 aliphatic heterocycles. The first kappa shape index (κ1) is 23.9. The Morgan fingerprint density at radius 3 is 2.54 bits per heavy atom. The maximum Gasteiger partial charge on any atom is 0.416 e. The lowest BCUT2D eigenvalue weighted by molar-refractivity contribution is -0.137. The largest absolute Gasteiger partial charge is 0.416 e. The Balaban J connectivity index is 1.25. The van der Waals surface area contributed by atoms with E-state index in [9.17, 15) is 18.0 Å². The van der Waals surface area contributed by atoms with Crippen LogP contribution >= 0.6 is 0 Å². The maximum atomic E-state index is 13.5. The van der Waals surface area contributed by atoms with Crippen LogP contribution in [0.1, 0.15) is 24.8 Å². The minimum atomic E-state index is -4.44. The van der Waals surface area contributed by atoms with Crippen LogP contribution in [-0.4, -0.2) is 42.8 Å². The molecule has 4 heterocycles. The van der Waals surface area contributed by atoms with Gasteiger partial charge in [0.15, 0.2) is 0 Å². The zero-order chi connectivity index (χ0) is 26.7. The second kappa shape index (κ2) is 8.97. The van der Waals surface area contributed by atoms with Crippen LogP contribution in [0.3, 0.4) is 0 Å². The summed E-state index contributed by atoms with van der Waals surface area (Å²) in [7, 11) is 0. The average Bonchev–Trinajstić information content (AvgIpc) is 3.37. The van der Waals surface area contributed by atoms with Crippen LogP contribution in [0.4, 0.5) is 13.2 Å². The van der Waals surface area contributed by atoms with E-state index in [4.69, 9.17) is 4.98 Å². The fraction of sp³-hybridized carbons (Fsp3) is 0.300. The summed E-state index contributed by atoms with van der Waals surface area (Å²) in [6, 6.07) is 17.5. The zero-order valence-corrected chi connectivity index (χ0v) is 21.1. The van der Waals surface area contributed by atoms with Gasteiger partial charge in [-0.1, -0.05) is 30.3 Å². The van der Waals surface area contributed by atoms with Gasteiger partial charge in [-0.2, -0.15) is 13.2 Å². The summed E-state index contributed by atoms with van der Waals surface area (Å²) >= 11 is 0. The number of aromatic nitrogens is 4. The normalized spacial score (nSPS) is 17.9. The van der Waals surface area contributed by atoms with Gasteiger partial charge >= 0.3 is 6.18 Å². The van der Waals surface area contributed by atoms with E-state index in [1.165, 1.54) is 6.07 Å². The Morgan fingerprint density at radius 1 is 0.974 bits per heavy atom. The van der Waals surface area contributed by atoms with Crippen molar-refractivity contribution in [1.29, 1.82) is 0 Å². The fourth-order valence-electron chi connectivity index (χ4n) is 5.68. The molecule has 1 atom stereocenters. The number of alkyl halides is 3. The van der Waals surface area contributed by atoms with Crippen molar-refractivity contribution in [1.82, 2.24) is 23.8 Å². The van der Waals surface area contributed by atoms with Crippen LogP contribution < -0.4 is 0 Å². The van der Waals surface area contributed by atoms with E-state index in [2.05, 4.69) is 4.98 Å². The van der Waals surface area contributed by atoms with E-state index in [0.717, 1.165) is 60.4 Å². The molecule has 0 N–H and O–H groups in total. The third-order valence-electron chi connectivity index (χ3n) is 7.90. The molecule has 2 aliphatic rings. The van der Waals surface area contributed by atoms with Gasteiger partial charge in [0.1, 0.15) is 11.5 Å². The molecule has 6 nitrogen and oxygen atoms in total. The average molecular weight is 530 g/mol. The molecule has 5 aromatic rings. The van der Waals surface area contributed by atoms with E-state index in [1.54, 1.807) is 0 Å². The monoisotopic (exact) mass is 529 g/mol. The number of amides is 1. The molecule has 1 amide bonds. The van der Waals surface area contributed by atoms with Crippen LogP contribution in [0, 0.1) is 11.8 Å². The van der Waals surface area contributed by atoms with E-state index in [-0.39, 0.29) is 17.7 Å². The fourth-order valence-corrected chi connectivity index (χ4v) is 5.68. The molecule has 7 rings (SSSR count). The number of hydrogen-bond acceptors (Lipinski definition) is 3. The molecular formula is C30H26F3N5O. The number of hydrogen-bond donors (Lipinski definition) is 0. The molecule has 2 fully saturated rings. The van der Waals surface area contributed by atoms with Crippen molar-refractivity contribution in [2.75, 3.05) is 13.1 Å². The highest BCUT2D eigenvalue weighted by Crippen LogP contribution is 2.36. The Kier molecular flexibility index (Phi) is 5.50. The smallest absolute Gasteiger partial charge is 0.342 e. The summed E-state index contributed by atoms with van der Waals surface area (Å²) in [5.41, 5.74) is 3.86. The highest BCUT2D eigenvalue weighted by atomic mass is 19.4. The maximum absolute atomic E-state index is 13.5. The van der Waals surface area contributed by atoms with Gasteiger partial charge < -0.3 is 9.47 Å². The Bertz CT molecular complexity index is 1700. The molecule has 1 saturated carbocycles. The van der Waals surface area contributed by atoms with Gasteiger partial charge in [0, 0.05) is 42.9 Å². The molecule has 1 unspecified atom stereocenters. The van der Waals surface area contributed by atoms with Crippen LogP contribution in [0.15, 0.2) is 73.1 Å². The molecule has 1 saturated heterocycles. The Morgan fingerprint density at radius 2 is 1.77 bits per heavy atom. The summed E-state index contributed by atoms with van der Waals surface area (Å²) in [6.45, 7) is 1.98. The van der Waals surface area contributed by atoms with E-state index in [0.29, 0.717) is 29.9 Å². The molecule has 39 heavy (non-hydrogen) atoms. The minimum absolute atomic E-state index is 0.181. The number of carbonyl (C=O) groups excluding carboxylic acids is 1. The van der Waals surface area contributed by atoms with Crippen molar-refractivity contribution in [3.8, 4) is 22.6 Å². The zero-order valence-electron chi connectivity index (χ0n) is 21.1.